The normalized spacial score (nSPS) is 10.5. The van der Waals surface area contributed by atoms with E-state index in [2.05, 4.69) is 37.6 Å². The van der Waals surface area contributed by atoms with E-state index in [1.807, 2.05) is 36.7 Å². The monoisotopic (exact) mass is 311 g/mol. The number of nitriles is 1. The minimum atomic E-state index is 0.680. The zero-order chi connectivity index (χ0) is 13.2. The number of fused-ring (bicyclic) bond motifs is 1. The molecule has 2 heterocycles. The van der Waals surface area contributed by atoms with Crippen LogP contribution in [0.4, 0.5) is 0 Å². The number of rotatable bonds is 2. The Balaban J connectivity index is 2.03. The van der Waals surface area contributed by atoms with Gasteiger partial charge in [-0.15, -0.1) is 0 Å². The lowest BCUT2D eigenvalue weighted by molar-refractivity contribution is 0.830. The molecule has 0 radical (unpaired) electrons. The fourth-order valence-corrected chi connectivity index (χ4v) is 2.54. The van der Waals surface area contributed by atoms with E-state index in [9.17, 15) is 0 Å². The SMILES string of the molecule is N#Cc1ccc2ccn(Cc3cncc(Br)c3)c2c1. The summed E-state index contributed by atoms with van der Waals surface area (Å²) in [5, 5.41) is 10.1. The van der Waals surface area contributed by atoms with Crippen LogP contribution in [-0.2, 0) is 6.54 Å². The average molecular weight is 312 g/mol. The van der Waals surface area contributed by atoms with Crippen molar-refractivity contribution in [3.05, 3.63) is 64.5 Å². The van der Waals surface area contributed by atoms with E-state index in [4.69, 9.17) is 5.26 Å². The van der Waals surface area contributed by atoms with E-state index < -0.39 is 0 Å². The summed E-state index contributed by atoms with van der Waals surface area (Å²) >= 11 is 3.42. The van der Waals surface area contributed by atoms with Gasteiger partial charge in [0, 0.05) is 35.1 Å². The van der Waals surface area contributed by atoms with Crippen molar-refractivity contribution in [3.8, 4) is 6.07 Å². The summed E-state index contributed by atoms with van der Waals surface area (Å²) in [5.41, 5.74) is 2.87. The maximum atomic E-state index is 8.98. The van der Waals surface area contributed by atoms with E-state index in [0.29, 0.717) is 5.56 Å². The van der Waals surface area contributed by atoms with Gasteiger partial charge < -0.3 is 4.57 Å². The second-order valence-electron chi connectivity index (χ2n) is 4.34. The average Bonchev–Trinajstić information content (AvgIpc) is 2.81. The van der Waals surface area contributed by atoms with Gasteiger partial charge in [0.05, 0.1) is 11.6 Å². The van der Waals surface area contributed by atoms with E-state index in [0.717, 1.165) is 27.5 Å². The van der Waals surface area contributed by atoms with Crippen LogP contribution in [0.25, 0.3) is 10.9 Å². The largest absolute Gasteiger partial charge is 0.343 e. The van der Waals surface area contributed by atoms with Crippen LogP contribution in [0.1, 0.15) is 11.1 Å². The molecule has 92 valence electrons. The number of nitrogens with zero attached hydrogens (tertiary/aromatic N) is 3. The van der Waals surface area contributed by atoms with Gasteiger partial charge in [-0.2, -0.15) is 5.26 Å². The molecule has 2 aromatic heterocycles. The number of aromatic nitrogens is 2. The quantitative estimate of drug-likeness (QED) is 0.724. The molecule has 0 unspecified atom stereocenters. The lowest BCUT2D eigenvalue weighted by Gasteiger charge is -2.06. The van der Waals surface area contributed by atoms with Crippen molar-refractivity contribution in [1.82, 2.24) is 9.55 Å². The molecule has 0 N–H and O–H groups in total. The molecular weight excluding hydrogens is 302 g/mol. The molecule has 0 bridgehead atoms. The standard InChI is InChI=1S/C15H10BrN3/c16-14-5-12(8-18-9-14)10-19-4-3-13-2-1-11(7-17)6-15(13)19/h1-6,8-9H,10H2. The van der Waals surface area contributed by atoms with Gasteiger partial charge in [0.25, 0.3) is 0 Å². The van der Waals surface area contributed by atoms with Crippen LogP contribution < -0.4 is 0 Å². The molecular formula is C15H10BrN3. The molecule has 3 rings (SSSR count). The molecule has 0 aliphatic heterocycles. The molecule has 0 aliphatic rings. The summed E-state index contributed by atoms with van der Waals surface area (Å²) in [7, 11) is 0. The summed E-state index contributed by atoms with van der Waals surface area (Å²) < 4.78 is 3.10. The van der Waals surface area contributed by atoms with Crippen LogP contribution >= 0.6 is 15.9 Å². The van der Waals surface area contributed by atoms with Gasteiger partial charge in [-0.05, 0) is 51.1 Å². The molecule has 1 aromatic carbocycles. The highest BCUT2D eigenvalue weighted by Crippen LogP contribution is 2.19. The number of hydrogen-bond donors (Lipinski definition) is 0. The van der Waals surface area contributed by atoms with Gasteiger partial charge >= 0.3 is 0 Å². The van der Waals surface area contributed by atoms with Crippen LogP contribution in [0.15, 0.2) is 53.4 Å². The van der Waals surface area contributed by atoms with Crippen molar-refractivity contribution >= 4 is 26.8 Å². The van der Waals surface area contributed by atoms with Crippen molar-refractivity contribution < 1.29 is 0 Å². The second-order valence-corrected chi connectivity index (χ2v) is 5.26. The van der Waals surface area contributed by atoms with Crippen LogP contribution in [0.3, 0.4) is 0 Å². The zero-order valence-electron chi connectivity index (χ0n) is 10.0. The smallest absolute Gasteiger partial charge is 0.0992 e. The first-order valence-corrected chi connectivity index (χ1v) is 6.64. The predicted octanol–water partition coefficient (Wildman–Crippen LogP) is 3.72. The van der Waals surface area contributed by atoms with Crippen molar-refractivity contribution in [3.63, 3.8) is 0 Å². The summed E-state index contributed by atoms with van der Waals surface area (Å²) in [6.45, 7) is 0.741. The van der Waals surface area contributed by atoms with Crippen molar-refractivity contribution in [2.75, 3.05) is 0 Å². The van der Waals surface area contributed by atoms with Gasteiger partial charge in [0.15, 0.2) is 0 Å². The first-order valence-electron chi connectivity index (χ1n) is 5.85. The summed E-state index contributed by atoms with van der Waals surface area (Å²) in [6.07, 6.45) is 5.66. The fraction of sp³-hybridized carbons (Fsp3) is 0.0667. The predicted molar refractivity (Wildman–Crippen MR) is 77.7 cm³/mol. The topological polar surface area (TPSA) is 41.6 Å². The minimum absolute atomic E-state index is 0.680. The molecule has 3 nitrogen and oxygen atoms in total. The lowest BCUT2D eigenvalue weighted by Crippen LogP contribution is -1.98. The molecule has 0 spiro atoms. The Morgan fingerprint density at radius 2 is 2.11 bits per heavy atom. The highest BCUT2D eigenvalue weighted by atomic mass is 79.9. The Morgan fingerprint density at radius 1 is 1.21 bits per heavy atom. The van der Waals surface area contributed by atoms with Crippen molar-refractivity contribution in [2.45, 2.75) is 6.54 Å². The van der Waals surface area contributed by atoms with Gasteiger partial charge in [0.1, 0.15) is 0 Å². The van der Waals surface area contributed by atoms with Crippen LogP contribution in [0.5, 0.6) is 0 Å². The third kappa shape index (κ3) is 2.38. The molecule has 0 aliphatic carbocycles. The molecule has 0 fully saturated rings. The van der Waals surface area contributed by atoms with Gasteiger partial charge in [-0.1, -0.05) is 6.07 Å². The van der Waals surface area contributed by atoms with Crippen molar-refractivity contribution in [2.24, 2.45) is 0 Å². The highest BCUT2D eigenvalue weighted by Gasteiger charge is 2.03. The zero-order valence-corrected chi connectivity index (χ0v) is 11.6. The molecule has 0 saturated carbocycles. The van der Waals surface area contributed by atoms with E-state index >= 15 is 0 Å². The van der Waals surface area contributed by atoms with Crippen LogP contribution in [0, 0.1) is 11.3 Å². The first kappa shape index (κ1) is 11.9. The molecule has 0 atom stereocenters. The Hall–Kier alpha value is -2.12. The third-order valence-electron chi connectivity index (χ3n) is 3.02. The number of pyridine rings is 1. The van der Waals surface area contributed by atoms with Gasteiger partial charge in [-0.3, -0.25) is 4.98 Å². The Bertz CT molecular complexity index is 783. The Kier molecular flexibility index (Phi) is 3.06. The number of benzene rings is 1. The number of halogens is 1. The van der Waals surface area contributed by atoms with Gasteiger partial charge in [0.2, 0.25) is 0 Å². The number of hydrogen-bond acceptors (Lipinski definition) is 2. The second kappa shape index (κ2) is 4.87. The maximum absolute atomic E-state index is 8.98. The molecule has 0 amide bonds. The van der Waals surface area contributed by atoms with Crippen LogP contribution in [-0.4, -0.2) is 9.55 Å². The maximum Gasteiger partial charge on any atom is 0.0992 e. The molecule has 0 saturated heterocycles. The van der Waals surface area contributed by atoms with Crippen molar-refractivity contribution in [1.29, 1.82) is 5.26 Å². The first-order chi connectivity index (χ1) is 9.26. The fourth-order valence-electron chi connectivity index (χ4n) is 2.13. The van der Waals surface area contributed by atoms with E-state index in [-0.39, 0.29) is 0 Å². The summed E-state index contributed by atoms with van der Waals surface area (Å²) in [5.74, 6) is 0. The minimum Gasteiger partial charge on any atom is -0.343 e. The molecule has 3 aromatic rings. The van der Waals surface area contributed by atoms with E-state index in [1.165, 1.54) is 0 Å². The summed E-state index contributed by atoms with van der Waals surface area (Å²) in [4.78, 5) is 4.17. The Morgan fingerprint density at radius 3 is 2.89 bits per heavy atom. The van der Waals surface area contributed by atoms with E-state index in [1.54, 1.807) is 6.20 Å². The van der Waals surface area contributed by atoms with Crippen LogP contribution in [0.2, 0.25) is 0 Å². The molecule has 19 heavy (non-hydrogen) atoms. The third-order valence-corrected chi connectivity index (χ3v) is 3.45. The molecule has 4 heteroatoms. The van der Waals surface area contributed by atoms with Gasteiger partial charge in [-0.25, -0.2) is 0 Å². The Labute approximate surface area is 119 Å². The lowest BCUT2D eigenvalue weighted by atomic mass is 10.2. The summed E-state index contributed by atoms with van der Waals surface area (Å²) in [6, 6.07) is 12.0. The highest BCUT2D eigenvalue weighted by molar-refractivity contribution is 9.10.